The van der Waals surface area contributed by atoms with Crippen molar-refractivity contribution in [1.29, 1.82) is 0 Å². The molecule has 2 rings (SSSR count). The van der Waals surface area contributed by atoms with Crippen LogP contribution in [0.15, 0.2) is 12.1 Å². The zero-order valence-corrected chi connectivity index (χ0v) is 8.56. The fraction of sp³-hybridized carbons (Fsp3) is 0.417. The van der Waals surface area contributed by atoms with E-state index in [4.69, 9.17) is 6.57 Å². The van der Waals surface area contributed by atoms with E-state index in [9.17, 15) is 13.2 Å². The van der Waals surface area contributed by atoms with Gasteiger partial charge in [-0.3, -0.25) is 0 Å². The largest absolute Gasteiger partial charge is 0.310 e. The number of nitrogens with zero attached hydrogens (tertiary/aromatic N) is 1. The highest BCUT2D eigenvalue weighted by Crippen LogP contribution is 2.39. The Bertz CT molecular complexity index is 458. The van der Waals surface area contributed by atoms with E-state index in [0.29, 0.717) is 18.9 Å². The van der Waals surface area contributed by atoms with Crippen LogP contribution in [0.1, 0.15) is 24.8 Å². The lowest BCUT2D eigenvalue weighted by Crippen LogP contribution is -2.35. The highest BCUT2D eigenvalue weighted by atomic mass is 19.2. The van der Waals surface area contributed by atoms with Crippen LogP contribution in [0.2, 0.25) is 0 Å². The molecule has 84 valence electrons. The maximum atomic E-state index is 13.3. The van der Waals surface area contributed by atoms with Crippen molar-refractivity contribution in [3.05, 3.63) is 46.6 Å². The van der Waals surface area contributed by atoms with Gasteiger partial charge in [-0.05, 0) is 18.1 Å². The standard InChI is InChI=1S/C12H10F3N/c1-16-12(3-2-4-12)7-8-5-10(14)11(15)6-9(8)13/h5-6H,2-4,7H2. The van der Waals surface area contributed by atoms with Gasteiger partial charge in [0, 0.05) is 18.9 Å². The lowest BCUT2D eigenvalue weighted by Gasteiger charge is -2.30. The second kappa shape index (κ2) is 3.82. The summed E-state index contributed by atoms with van der Waals surface area (Å²) in [6, 6.07) is 1.40. The Hall–Kier alpha value is -1.50. The third kappa shape index (κ3) is 1.78. The lowest BCUT2D eigenvalue weighted by atomic mass is 9.73. The van der Waals surface area contributed by atoms with E-state index < -0.39 is 23.0 Å². The average molecular weight is 225 g/mol. The second-order valence-corrected chi connectivity index (χ2v) is 4.22. The average Bonchev–Trinajstić information content (AvgIpc) is 2.19. The fourth-order valence-corrected chi connectivity index (χ4v) is 1.97. The van der Waals surface area contributed by atoms with Gasteiger partial charge >= 0.3 is 0 Å². The highest BCUT2D eigenvalue weighted by molar-refractivity contribution is 5.25. The Balaban J connectivity index is 2.28. The Labute approximate surface area is 91.7 Å². The van der Waals surface area contributed by atoms with Gasteiger partial charge in [-0.1, -0.05) is 0 Å². The quantitative estimate of drug-likeness (QED) is 0.536. The molecule has 0 saturated heterocycles. The van der Waals surface area contributed by atoms with Gasteiger partial charge in [0.05, 0.1) is 6.42 Å². The maximum absolute atomic E-state index is 13.3. The lowest BCUT2D eigenvalue weighted by molar-refractivity contribution is 0.297. The zero-order chi connectivity index (χ0) is 11.8. The van der Waals surface area contributed by atoms with Gasteiger partial charge in [0.25, 0.3) is 0 Å². The van der Waals surface area contributed by atoms with Crippen LogP contribution in [0.3, 0.4) is 0 Å². The third-order valence-electron chi connectivity index (χ3n) is 3.13. The third-order valence-corrected chi connectivity index (χ3v) is 3.13. The van der Waals surface area contributed by atoms with Crippen molar-refractivity contribution in [2.24, 2.45) is 0 Å². The molecule has 0 aliphatic heterocycles. The van der Waals surface area contributed by atoms with Crippen LogP contribution in [0.4, 0.5) is 13.2 Å². The molecule has 0 atom stereocenters. The monoisotopic (exact) mass is 225 g/mol. The molecule has 0 N–H and O–H groups in total. The van der Waals surface area contributed by atoms with E-state index in [-0.39, 0.29) is 12.0 Å². The smallest absolute Gasteiger partial charge is 0.236 e. The van der Waals surface area contributed by atoms with E-state index in [1.807, 2.05) is 0 Å². The van der Waals surface area contributed by atoms with Crippen LogP contribution in [0.25, 0.3) is 4.85 Å². The van der Waals surface area contributed by atoms with Crippen LogP contribution in [0.5, 0.6) is 0 Å². The maximum Gasteiger partial charge on any atom is 0.236 e. The Morgan fingerprint density at radius 1 is 1.12 bits per heavy atom. The summed E-state index contributed by atoms with van der Waals surface area (Å²) < 4.78 is 39.0. The number of rotatable bonds is 2. The van der Waals surface area contributed by atoms with Crippen LogP contribution in [0, 0.1) is 24.0 Å². The predicted molar refractivity (Wildman–Crippen MR) is 53.2 cm³/mol. The van der Waals surface area contributed by atoms with Gasteiger partial charge in [-0.25, -0.2) is 19.7 Å². The molecule has 1 aliphatic rings. The number of hydrogen-bond donors (Lipinski definition) is 0. The zero-order valence-electron chi connectivity index (χ0n) is 8.56. The summed E-state index contributed by atoms with van der Waals surface area (Å²) in [5.74, 6) is -3.02. The number of benzene rings is 1. The molecule has 1 nitrogen and oxygen atoms in total. The molecule has 0 aromatic heterocycles. The first kappa shape index (κ1) is 11.0. The topological polar surface area (TPSA) is 4.36 Å². The summed E-state index contributed by atoms with van der Waals surface area (Å²) in [4.78, 5) is 3.48. The summed E-state index contributed by atoms with van der Waals surface area (Å²) in [5, 5.41) is 0. The Kier molecular flexibility index (Phi) is 2.63. The first-order valence-electron chi connectivity index (χ1n) is 5.08. The Morgan fingerprint density at radius 3 is 2.25 bits per heavy atom. The molecule has 0 unspecified atom stereocenters. The molecule has 0 bridgehead atoms. The van der Waals surface area contributed by atoms with Crippen LogP contribution in [-0.2, 0) is 6.42 Å². The van der Waals surface area contributed by atoms with Crippen molar-refractivity contribution in [3.63, 3.8) is 0 Å². The van der Waals surface area contributed by atoms with Gasteiger partial charge < -0.3 is 4.85 Å². The van der Waals surface area contributed by atoms with Crippen LogP contribution in [-0.4, -0.2) is 5.54 Å². The van der Waals surface area contributed by atoms with Crippen molar-refractivity contribution in [1.82, 2.24) is 0 Å². The first-order valence-corrected chi connectivity index (χ1v) is 5.08. The van der Waals surface area contributed by atoms with Gasteiger partial charge in [0.2, 0.25) is 5.54 Å². The predicted octanol–water partition coefficient (Wildman–Crippen LogP) is 3.49. The molecule has 1 aromatic carbocycles. The van der Waals surface area contributed by atoms with Crippen molar-refractivity contribution in [3.8, 4) is 0 Å². The summed E-state index contributed by atoms with van der Waals surface area (Å²) in [7, 11) is 0. The van der Waals surface area contributed by atoms with E-state index >= 15 is 0 Å². The number of hydrogen-bond acceptors (Lipinski definition) is 0. The SMILES string of the molecule is [C-]#[N+]C1(Cc2cc(F)c(F)cc2F)CCC1. The van der Waals surface area contributed by atoms with Gasteiger partial charge in [-0.15, -0.1) is 0 Å². The molecule has 1 fully saturated rings. The minimum atomic E-state index is -1.19. The molecule has 0 spiro atoms. The molecule has 1 saturated carbocycles. The van der Waals surface area contributed by atoms with E-state index in [2.05, 4.69) is 4.85 Å². The summed E-state index contributed by atoms with van der Waals surface area (Å²) in [6.07, 6.45) is 2.51. The molecule has 0 amide bonds. The van der Waals surface area contributed by atoms with E-state index in [1.165, 1.54) is 0 Å². The van der Waals surface area contributed by atoms with Crippen LogP contribution >= 0.6 is 0 Å². The van der Waals surface area contributed by atoms with Crippen molar-refractivity contribution in [2.45, 2.75) is 31.2 Å². The van der Waals surface area contributed by atoms with Crippen molar-refractivity contribution >= 4 is 0 Å². The molecule has 4 heteroatoms. The normalized spacial score (nSPS) is 17.6. The van der Waals surface area contributed by atoms with Gasteiger partial charge in [0.1, 0.15) is 5.82 Å². The molecule has 0 radical (unpaired) electrons. The summed E-state index contributed by atoms with van der Waals surface area (Å²) in [6.45, 7) is 7.06. The minimum absolute atomic E-state index is 0.0922. The molecule has 16 heavy (non-hydrogen) atoms. The fourth-order valence-electron chi connectivity index (χ4n) is 1.97. The van der Waals surface area contributed by atoms with Crippen molar-refractivity contribution < 1.29 is 13.2 Å². The summed E-state index contributed by atoms with van der Waals surface area (Å²) in [5.41, 5.74) is -0.500. The van der Waals surface area contributed by atoms with Crippen molar-refractivity contribution in [2.75, 3.05) is 0 Å². The van der Waals surface area contributed by atoms with E-state index in [1.54, 1.807) is 0 Å². The first-order chi connectivity index (χ1) is 7.56. The number of halogens is 3. The second-order valence-electron chi connectivity index (χ2n) is 4.22. The molecule has 0 heterocycles. The van der Waals surface area contributed by atoms with Gasteiger partial charge in [-0.2, -0.15) is 0 Å². The minimum Gasteiger partial charge on any atom is -0.310 e. The van der Waals surface area contributed by atoms with Crippen LogP contribution < -0.4 is 0 Å². The highest BCUT2D eigenvalue weighted by Gasteiger charge is 2.44. The molecular weight excluding hydrogens is 215 g/mol. The molecule has 1 aromatic rings. The summed E-state index contributed by atoms with van der Waals surface area (Å²) >= 11 is 0. The Morgan fingerprint density at radius 2 is 1.75 bits per heavy atom. The van der Waals surface area contributed by atoms with E-state index in [0.717, 1.165) is 12.5 Å². The molecular formula is C12H10F3N. The molecule has 1 aliphatic carbocycles. The van der Waals surface area contributed by atoms with Gasteiger partial charge in [0.15, 0.2) is 11.6 Å².